The molecule has 0 amide bonds. The van der Waals surface area contributed by atoms with Gasteiger partial charge in [-0.25, -0.2) is 4.68 Å². The van der Waals surface area contributed by atoms with E-state index in [1.54, 1.807) is 0 Å². The van der Waals surface area contributed by atoms with Gasteiger partial charge in [-0.2, -0.15) is 5.10 Å². The first-order valence-corrected chi connectivity index (χ1v) is 5.53. The lowest BCUT2D eigenvalue weighted by molar-refractivity contribution is 0.292. The third-order valence-electron chi connectivity index (χ3n) is 1.88. The molecule has 0 bridgehead atoms. The van der Waals surface area contributed by atoms with Crippen molar-refractivity contribution in [1.82, 2.24) is 9.78 Å². The molecule has 2 N–H and O–H groups in total. The minimum atomic E-state index is -0.271. The van der Waals surface area contributed by atoms with Crippen LogP contribution < -0.4 is 10.9 Å². The molecule has 5 nitrogen and oxygen atoms in total. The summed E-state index contributed by atoms with van der Waals surface area (Å²) >= 11 is 3.19. The Balaban J connectivity index is 2.86. The first-order valence-electron chi connectivity index (χ1n) is 4.74. The van der Waals surface area contributed by atoms with Crippen LogP contribution in [0.4, 0.5) is 5.69 Å². The fourth-order valence-electron chi connectivity index (χ4n) is 1.09. The fourth-order valence-corrected chi connectivity index (χ4v) is 1.54. The van der Waals surface area contributed by atoms with Crippen LogP contribution >= 0.6 is 15.9 Å². The lowest BCUT2D eigenvalue weighted by Gasteiger charge is -2.08. The molecule has 86 valence electrons. The van der Waals surface area contributed by atoms with Gasteiger partial charge in [-0.3, -0.25) is 4.79 Å². The summed E-state index contributed by atoms with van der Waals surface area (Å²) in [4.78, 5) is 11.7. The predicted molar refractivity (Wildman–Crippen MR) is 65.2 cm³/mol. The van der Waals surface area contributed by atoms with Gasteiger partial charge in [0, 0.05) is 13.2 Å². The fraction of sp³-hybridized carbons (Fsp3) is 0.400. The molecule has 0 atom stereocenters. The number of terminal acetylenes is 1. The zero-order valence-electron chi connectivity index (χ0n) is 8.61. The number of rotatable bonds is 5. The van der Waals surface area contributed by atoms with Gasteiger partial charge in [0.2, 0.25) is 0 Å². The number of hydrogen-bond donors (Lipinski definition) is 2. The molecule has 0 spiro atoms. The van der Waals surface area contributed by atoms with Gasteiger partial charge in [0.1, 0.15) is 11.0 Å². The smallest absolute Gasteiger partial charge is 0.284 e. The van der Waals surface area contributed by atoms with Crippen LogP contribution in [0, 0.1) is 12.3 Å². The zero-order chi connectivity index (χ0) is 12.0. The molecule has 1 aromatic heterocycles. The molecule has 0 aliphatic rings. The Labute approximate surface area is 102 Å². The second-order valence-corrected chi connectivity index (χ2v) is 3.84. The molecule has 6 heteroatoms. The van der Waals surface area contributed by atoms with Crippen molar-refractivity contribution in [3.05, 3.63) is 21.0 Å². The summed E-state index contributed by atoms with van der Waals surface area (Å²) in [5, 5.41) is 15.5. The first-order chi connectivity index (χ1) is 7.70. The highest BCUT2D eigenvalue weighted by molar-refractivity contribution is 9.10. The average Bonchev–Trinajstić information content (AvgIpc) is 2.28. The number of halogens is 1. The Kier molecular flexibility index (Phi) is 5.02. The molecule has 0 aliphatic heterocycles. The van der Waals surface area contributed by atoms with Crippen LogP contribution in [0.2, 0.25) is 0 Å². The number of nitrogens with zero attached hydrogens (tertiary/aromatic N) is 2. The summed E-state index contributed by atoms with van der Waals surface area (Å²) in [6.45, 7) is 0.829. The van der Waals surface area contributed by atoms with Crippen LogP contribution in [0.25, 0.3) is 0 Å². The third kappa shape index (κ3) is 3.08. The van der Waals surface area contributed by atoms with E-state index >= 15 is 0 Å². The Bertz CT molecular complexity index is 450. The summed E-state index contributed by atoms with van der Waals surface area (Å²) in [6, 6.07) is 0. The van der Waals surface area contributed by atoms with Crippen molar-refractivity contribution in [2.75, 3.05) is 18.5 Å². The third-order valence-corrected chi connectivity index (χ3v) is 2.64. The van der Waals surface area contributed by atoms with E-state index in [1.165, 1.54) is 10.9 Å². The Morgan fingerprint density at radius 3 is 3.06 bits per heavy atom. The van der Waals surface area contributed by atoms with E-state index in [0.717, 1.165) is 0 Å². The minimum Gasteiger partial charge on any atom is -0.396 e. The second kappa shape index (κ2) is 6.30. The van der Waals surface area contributed by atoms with E-state index in [1.807, 2.05) is 0 Å². The summed E-state index contributed by atoms with van der Waals surface area (Å²) in [5.74, 6) is 2.35. The molecule has 16 heavy (non-hydrogen) atoms. The van der Waals surface area contributed by atoms with Crippen LogP contribution in [0.3, 0.4) is 0 Å². The predicted octanol–water partition coefficient (Wildman–Crippen LogP) is 0.433. The van der Waals surface area contributed by atoms with Crippen molar-refractivity contribution in [3.8, 4) is 12.3 Å². The number of aliphatic hydroxyl groups is 1. The van der Waals surface area contributed by atoms with Crippen molar-refractivity contribution in [2.45, 2.75) is 13.0 Å². The maximum atomic E-state index is 11.7. The molecule has 0 aliphatic carbocycles. The largest absolute Gasteiger partial charge is 0.396 e. The Morgan fingerprint density at radius 1 is 1.69 bits per heavy atom. The molecular formula is C10H12BrN3O2. The van der Waals surface area contributed by atoms with E-state index in [0.29, 0.717) is 23.1 Å². The highest BCUT2D eigenvalue weighted by atomic mass is 79.9. The molecule has 0 aromatic carbocycles. The maximum absolute atomic E-state index is 11.7. The lowest BCUT2D eigenvalue weighted by atomic mass is 10.4. The van der Waals surface area contributed by atoms with Crippen LogP contribution in [-0.2, 0) is 6.54 Å². The molecule has 1 rings (SSSR count). The number of hydrogen-bond acceptors (Lipinski definition) is 4. The van der Waals surface area contributed by atoms with Crippen molar-refractivity contribution in [2.24, 2.45) is 0 Å². The van der Waals surface area contributed by atoms with E-state index in [4.69, 9.17) is 11.5 Å². The highest BCUT2D eigenvalue weighted by Gasteiger charge is 2.07. The molecule has 1 aromatic rings. The topological polar surface area (TPSA) is 67.2 Å². The zero-order valence-corrected chi connectivity index (χ0v) is 10.2. The van der Waals surface area contributed by atoms with Crippen molar-refractivity contribution < 1.29 is 5.11 Å². The van der Waals surface area contributed by atoms with Gasteiger partial charge < -0.3 is 10.4 Å². The normalized spacial score (nSPS) is 9.81. The van der Waals surface area contributed by atoms with E-state index in [-0.39, 0.29) is 18.7 Å². The summed E-state index contributed by atoms with van der Waals surface area (Å²) in [5.41, 5.74) is 0.332. The monoisotopic (exact) mass is 285 g/mol. The first kappa shape index (κ1) is 12.7. The van der Waals surface area contributed by atoms with Gasteiger partial charge in [-0.15, -0.1) is 6.42 Å². The maximum Gasteiger partial charge on any atom is 0.284 e. The van der Waals surface area contributed by atoms with E-state index in [2.05, 4.69) is 32.3 Å². The van der Waals surface area contributed by atoms with Crippen LogP contribution in [0.5, 0.6) is 0 Å². The van der Waals surface area contributed by atoms with Gasteiger partial charge >= 0.3 is 0 Å². The second-order valence-electron chi connectivity index (χ2n) is 3.04. The Morgan fingerprint density at radius 2 is 2.44 bits per heavy atom. The van der Waals surface area contributed by atoms with Crippen molar-refractivity contribution in [3.63, 3.8) is 0 Å². The lowest BCUT2D eigenvalue weighted by Crippen LogP contribution is -2.24. The number of aliphatic hydroxyl groups excluding tert-OH is 1. The summed E-state index contributed by atoms with van der Waals surface area (Å²) in [7, 11) is 0. The minimum absolute atomic E-state index is 0.103. The summed E-state index contributed by atoms with van der Waals surface area (Å²) < 4.78 is 1.59. The molecule has 0 radical (unpaired) electrons. The molecule has 0 unspecified atom stereocenters. The SMILES string of the molecule is C#CCn1ncc(NCCCO)c(Br)c1=O. The standard InChI is InChI=1S/C10H12BrN3O2/c1-2-5-14-10(16)9(11)8(7-13-14)12-4-3-6-15/h1,7,12,15H,3-6H2. The highest BCUT2D eigenvalue weighted by Crippen LogP contribution is 2.15. The van der Waals surface area contributed by atoms with Crippen molar-refractivity contribution in [1.29, 1.82) is 0 Å². The number of aromatic nitrogens is 2. The number of anilines is 1. The molecule has 0 saturated carbocycles. The van der Waals surface area contributed by atoms with Crippen LogP contribution in [0.1, 0.15) is 6.42 Å². The van der Waals surface area contributed by atoms with Gasteiger partial charge in [0.25, 0.3) is 5.56 Å². The van der Waals surface area contributed by atoms with E-state index in [9.17, 15) is 4.79 Å². The molecule has 1 heterocycles. The van der Waals surface area contributed by atoms with Gasteiger partial charge in [-0.05, 0) is 22.4 Å². The van der Waals surface area contributed by atoms with Crippen LogP contribution in [0.15, 0.2) is 15.5 Å². The number of nitrogens with one attached hydrogen (secondary N) is 1. The Hall–Kier alpha value is -1.32. The molecular weight excluding hydrogens is 274 g/mol. The van der Waals surface area contributed by atoms with E-state index < -0.39 is 0 Å². The van der Waals surface area contributed by atoms with Gasteiger partial charge in [0.15, 0.2) is 0 Å². The molecule has 0 fully saturated rings. The van der Waals surface area contributed by atoms with Gasteiger partial charge in [0.05, 0.1) is 11.9 Å². The van der Waals surface area contributed by atoms with Crippen LogP contribution in [-0.4, -0.2) is 28.0 Å². The molecule has 0 saturated heterocycles. The summed E-state index contributed by atoms with van der Waals surface area (Å²) in [6.07, 6.45) is 7.25. The average molecular weight is 286 g/mol. The quantitative estimate of drug-likeness (QED) is 0.608. The van der Waals surface area contributed by atoms with Crippen molar-refractivity contribution >= 4 is 21.6 Å². The van der Waals surface area contributed by atoms with Gasteiger partial charge in [-0.1, -0.05) is 5.92 Å².